The second kappa shape index (κ2) is 5.97. The lowest BCUT2D eigenvalue weighted by Gasteiger charge is -2.07. The van der Waals surface area contributed by atoms with Gasteiger partial charge in [-0.3, -0.25) is 9.97 Å². The lowest BCUT2D eigenvalue weighted by atomic mass is 10.1. The Bertz CT molecular complexity index is 824. The maximum Gasteiger partial charge on any atom is 0.336 e. The first-order valence-electron chi connectivity index (χ1n) is 7.33. The van der Waals surface area contributed by atoms with Crippen LogP contribution in [0.5, 0.6) is 0 Å². The molecule has 0 amide bonds. The van der Waals surface area contributed by atoms with Gasteiger partial charge in [-0.05, 0) is 24.6 Å². The fraction of sp³-hybridized carbons (Fsp3) is 0.235. The number of aromatic carboxylic acids is 1. The molecule has 0 spiro atoms. The van der Waals surface area contributed by atoms with E-state index in [-0.39, 0.29) is 5.56 Å². The molecule has 0 fully saturated rings. The van der Waals surface area contributed by atoms with E-state index < -0.39 is 5.97 Å². The Balaban J connectivity index is 2.05. The van der Waals surface area contributed by atoms with Crippen molar-refractivity contribution in [1.82, 2.24) is 14.5 Å². The summed E-state index contributed by atoms with van der Waals surface area (Å²) in [5, 5.41) is 10.3. The number of rotatable bonds is 5. The van der Waals surface area contributed by atoms with Gasteiger partial charge >= 0.3 is 5.97 Å². The van der Waals surface area contributed by atoms with E-state index >= 15 is 0 Å². The third kappa shape index (κ3) is 2.57. The summed E-state index contributed by atoms with van der Waals surface area (Å²) >= 11 is 0. The number of hydrogen-bond donors (Lipinski definition) is 1. The van der Waals surface area contributed by atoms with E-state index in [0.29, 0.717) is 11.3 Å². The third-order valence-electron chi connectivity index (χ3n) is 3.74. The van der Waals surface area contributed by atoms with Gasteiger partial charge in [-0.1, -0.05) is 13.3 Å². The highest BCUT2D eigenvalue weighted by molar-refractivity contribution is 5.96. The molecule has 22 heavy (non-hydrogen) atoms. The van der Waals surface area contributed by atoms with Crippen LogP contribution in [-0.4, -0.2) is 25.6 Å². The molecule has 3 rings (SSSR count). The summed E-state index contributed by atoms with van der Waals surface area (Å²) in [5.74, 6) is -0.972. The molecule has 0 saturated heterocycles. The minimum Gasteiger partial charge on any atom is -0.478 e. The normalized spacial score (nSPS) is 11.0. The zero-order valence-corrected chi connectivity index (χ0v) is 12.4. The van der Waals surface area contributed by atoms with Crippen LogP contribution in [-0.2, 0) is 6.54 Å². The maximum atomic E-state index is 11.3. The lowest BCUT2D eigenvalue weighted by molar-refractivity contribution is 0.0697. The van der Waals surface area contributed by atoms with Crippen LogP contribution in [0.4, 0.5) is 0 Å². The van der Waals surface area contributed by atoms with Gasteiger partial charge in [0.15, 0.2) is 0 Å². The summed E-state index contributed by atoms with van der Waals surface area (Å²) in [4.78, 5) is 19.8. The Kier molecular flexibility index (Phi) is 3.87. The lowest BCUT2D eigenvalue weighted by Crippen LogP contribution is -2.01. The topological polar surface area (TPSA) is 68.0 Å². The molecule has 5 heteroatoms. The van der Waals surface area contributed by atoms with Crippen molar-refractivity contribution >= 4 is 16.9 Å². The number of fused-ring (bicyclic) bond motifs is 1. The van der Waals surface area contributed by atoms with Crippen molar-refractivity contribution in [3.8, 4) is 11.3 Å². The molecular formula is C17H17N3O2. The number of carboxylic acid groups (broad SMARTS) is 1. The average molecular weight is 295 g/mol. The Hall–Kier alpha value is -2.69. The van der Waals surface area contributed by atoms with E-state index in [0.717, 1.165) is 30.3 Å². The van der Waals surface area contributed by atoms with Crippen LogP contribution >= 0.6 is 0 Å². The van der Waals surface area contributed by atoms with E-state index in [1.54, 1.807) is 12.4 Å². The molecule has 0 atom stereocenters. The Morgan fingerprint density at radius 3 is 2.95 bits per heavy atom. The van der Waals surface area contributed by atoms with E-state index in [4.69, 9.17) is 0 Å². The minimum absolute atomic E-state index is 0.215. The first kappa shape index (κ1) is 14.3. The molecule has 0 unspecified atom stereocenters. The molecule has 0 bridgehead atoms. The summed E-state index contributed by atoms with van der Waals surface area (Å²) in [7, 11) is 0. The molecule has 0 aliphatic rings. The van der Waals surface area contributed by atoms with Gasteiger partial charge in [-0.2, -0.15) is 0 Å². The van der Waals surface area contributed by atoms with Gasteiger partial charge in [-0.25, -0.2) is 4.79 Å². The van der Waals surface area contributed by atoms with Crippen LogP contribution in [0, 0.1) is 0 Å². The zero-order valence-electron chi connectivity index (χ0n) is 12.4. The van der Waals surface area contributed by atoms with E-state index in [9.17, 15) is 9.90 Å². The van der Waals surface area contributed by atoms with Gasteiger partial charge in [0.2, 0.25) is 0 Å². The summed E-state index contributed by atoms with van der Waals surface area (Å²) < 4.78 is 2.18. The number of nitrogens with zero attached hydrogens (tertiary/aromatic N) is 3. The van der Waals surface area contributed by atoms with Crippen LogP contribution in [0.15, 0.2) is 43.0 Å². The van der Waals surface area contributed by atoms with Crippen LogP contribution in [0.1, 0.15) is 30.1 Å². The Morgan fingerprint density at radius 2 is 2.18 bits per heavy atom. The average Bonchev–Trinajstić information content (AvgIpc) is 2.95. The summed E-state index contributed by atoms with van der Waals surface area (Å²) in [6.07, 6.45) is 9.14. The number of unbranched alkanes of at least 4 members (excludes halogenated alkanes) is 1. The molecule has 112 valence electrons. The number of hydrogen-bond acceptors (Lipinski definition) is 3. The smallest absolute Gasteiger partial charge is 0.336 e. The Morgan fingerprint density at radius 1 is 1.32 bits per heavy atom. The second-order valence-electron chi connectivity index (χ2n) is 5.22. The Labute approximate surface area is 128 Å². The molecule has 5 nitrogen and oxygen atoms in total. The van der Waals surface area contributed by atoms with Gasteiger partial charge in [0.25, 0.3) is 0 Å². The molecule has 3 aromatic rings. The molecule has 0 aliphatic heterocycles. The molecular weight excluding hydrogens is 278 g/mol. The summed E-state index contributed by atoms with van der Waals surface area (Å²) in [6.45, 7) is 3.13. The van der Waals surface area contributed by atoms with Crippen molar-refractivity contribution < 1.29 is 9.90 Å². The SMILES string of the molecule is CCCCn1ccc2cc(-c3cnccc3C(=O)O)ncc21. The van der Waals surface area contributed by atoms with Crippen LogP contribution in [0.2, 0.25) is 0 Å². The molecule has 0 radical (unpaired) electrons. The standard InChI is InChI=1S/C17H17N3O2/c1-2-3-7-20-8-5-12-9-15(19-11-16(12)20)14-10-18-6-4-13(14)17(21)22/h4-6,8-11H,2-3,7H2,1H3,(H,21,22). The first-order valence-corrected chi connectivity index (χ1v) is 7.33. The third-order valence-corrected chi connectivity index (χ3v) is 3.74. The predicted molar refractivity (Wildman–Crippen MR) is 84.8 cm³/mol. The van der Waals surface area contributed by atoms with Crippen molar-refractivity contribution in [3.63, 3.8) is 0 Å². The number of carboxylic acids is 1. The number of carbonyl (C=O) groups is 1. The van der Waals surface area contributed by atoms with Crippen LogP contribution in [0.3, 0.4) is 0 Å². The fourth-order valence-corrected chi connectivity index (χ4v) is 2.54. The predicted octanol–water partition coefficient (Wildman–Crippen LogP) is 3.60. The highest BCUT2D eigenvalue weighted by atomic mass is 16.4. The number of aromatic nitrogens is 3. The van der Waals surface area contributed by atoms with Crippen molar-refractivity contribution in [2.24, 2.45) is 0 Å². The van der Waals surface area contributed by atoms with Crippen molar-refractivity contribution in [2.75, 3.05) is 0 Å². The van der Waals surface area contributed by atoms with Crippen molar-refractivity contribution in [3.05, 3.63) is 48.5 Å². The van der Waals surface area contributed by atoms with E-state index in [1.807, 2.05) is 18.3 Å². The minimum atomic E-state index is -0.972. The summed E-state index contributed by atoms with van der Waals surface area (Å²) in [6, 6.07) is 5.45. The number of pyridine rings is 2. The van der Waals surface area contributed by atoms with Gasteiger partial charge in [0.1, 0.15) is 0 Å². The highest BCUT2D eigenvalue weighted by Gasteiger charge is 2.13. The molecule has 0 aromatic carbocycles. The first-order chi connectivity index (χ1) is 10.7. The van der Waals surface area contributed by atoms with Crippen LogP contribution < -0.4 is 0 Å². The molecule has 3 heterocycles. The van der Waals surface area contributed by atoms with Crippen molar-refractivity contribution in [2.45, 2.75) is 26.3 Å². The zero-order chi connectivity index (χ0) is 15.5. The monoisotopic (exact) mass is 295 g/mol. The fourth-order valence-electron chi connectivity index (χ4n) is 2.54. The van der Waals surface area contributed by atoms with Crippen molar-refractivity contribution in [1.29, 1.82) is 0 Å². The summed E-state index contributed by atoms with van der Waals surface area (Å²) in [5.41, 5.74) is 2.45. The largest absolute Gasteiger partial charge is 0.478 e. The van der Waals surface area contributed by atoms with E-state index in [2.05, 4.69) is 21.5 Å². The molecule has 0 saturated carbocycles. The van der Waals surface area contributed by atoms with Gasteiger partial charge in [-0.15, -0.1) is 0 Å². The quantitative estimate of drug-likeness (QED) is 0.781. The molecule has 0 aliphatic carbocycles. The number of aryl methyl sites for hydroxylation is 1. The van der Waals surface area contributed by atoms with Gasteiger partial charge in [0, 0.05) is 36.1 Å². The highest BCUT2D eigenvalue weighted by Crippen LogP contribution is 2.25. The van der Waals surface area contributed by atoms with Crippen LogP contribution in [0.25, 0.3) is 22.2 Å². The maximum absolute atomic E-state index is 11.3. The molecule has 1 N–H and O–H groups in total. The van der Waals surface area contributed by atoms with E-state index in [1.165, 1.54) is 12.3 Å². The second-order valence-corrected chi connectivity index (χ2v) is 5.22. The van der Waals surface area contributed by atoms with Gasteiger partial charge in [0.05, 0.1) is 23.0 Å². The molecule has 3 aromatic heterocycles. The van der Waals surface area contributed by atoms with Gasteiger partial charge < -0.3 is 9.67 Å².